The molecular formula is C40H24N6. The highest BCUT2D eigenvalue weighted by atomic mass is 14.8. The quantitative estimate of drug-likeness (QED) is 0.191. The summed E-state index contributed by atoms with van der Waals surface area (Å²) in [5, 5.41) is 4.36. The number of benzene rings is 4. The van der Waals surface area contributed by atoms with Gasteiger partial charge in [0.2, 0.25) is 0 Å². The number of aromatic nitrogens is 6. The summed E-state index contributed by atoms with van der Waals surface area (Å²) in [7, 11) is 0. The van der Waals surface area contributed by atoms with Gasteiger partial charge in [-0.15, -0.1) is 0 Å². The summed E-state index contributed by atoms with van der Waals surface area (Å²) >= 11 is 0. The Hall–Kier alpha value is -6.40. The van der Waals surface area contributed by atoms with Crippen molar-refractivity contribution in [2.45, 2.75) is 0 Å². The molecule has 0 spiro atoms. The minimum Gasteiger partial charge on any atom is -0.261 e. The summed E-state index contributed by atoms with van der Waals surface area (Å²) in [6.45, 7) is 0. The number of fused-ring (bicyclic) bond motifs is 5. The molecule has 0 bridgehead atoms. The van der Waals surface area contributed by atoms with Crippen molar-refractivity contribution in [1.82, 2.24) is 29.9 Å². The Morgan fingerprint density at radius 1 is 0.391 bits per heavy atom. The fraction of sp³-hybridized carbons (Fsp3) is 0. The molecule has 0 unspecified atom stereocenters. The van der Waals surface area contributed by atoms with Crippen molar-refractivity contribution in [3.05, 3.63) is 146 Å². The summed E-state index contributed by atoms with van der Waals surface area (Å²) < 4.78 is 0. The van der Waals surface area contributed by atoms with Crippen molar-refractivity contribution < 1.29 is 0 Å². The molecule has 0 amide bonds. The first-order valence-electron chi connectivity index (χ1n) is 15.1. The smallest absolute Gasteiger partial charge is 0.107 e. The first-order chi connectivity index (χ1) is 22.8. The molecule has 0 aliphatic carbocycles. The number of hydrogen-bond donors (Lipinski definition) is 0. The summed E-state index contributed by atoms with van der Waals surface area (Å²) in [4.78, 5) is 27.6. The zero-order valence-electron chi connectivity index (χ0n) is 24.5. The van der Waals surface area contributed by atoms with E-state index in [0.717, 1.165) is 88.5 Å². The maximum atomic E-state index is 5.02. The van der Waals surface area contributed by atoms with Crippen molar-refractivity contribution in [3.63, 3.8) is 0 Å². The van der Waals surface area contributed by atoms with Crippen molar-refractivity contribution in [2.24, 2.45) is 0 Å². The average Bonchev–Trinajstić information content (AvgIpc) is 3.14. The summed E-state index contributed by atoms with van der Waals surface area (Å²) in [6, 6.07) is 40.1. The largest absolute Gasteiger partial charge is 0.261 e. The molecule has 5 aromatic heterocycles. The molecule has 6 heteroatoms. The third kappa shape index (κ3) is 4.52. The zero-order chi connectivity index (χ0) is 30.5. The molecular weight excluding hydrogens is 564 g/mol. The minimum atomic E-state index is 0.764. The third-order valence-electron chi connectivity index (χ3n) is 8.51. The maximum absolute atomic E-state index is 5.02. The maximum Gasteiger partial charge on any atom is 0.107 e. The van der Waals surface area contributed by atoms with Crippen LogP contribution in [-0.2, 0) is 0 Å². The predicted octanol–water partition coefficient (Wildman–Crippen LogP) is 9.34. The third-order valence-corrected chi connectivity index (χ3v) is 8.51. The fourth-order valence-electron chi connectivity index (χ4n) is 6.17. The lowest BCUT2D eigenvalue weighted by atomic mass is 9.98. The number of rotatable bonds is 4. The molecule has 9 aromatic rings. The Kier molecular flexibility index (Phi) is 6.03. The first kappa shape index (κ1) is 26.0. The highest BCUT2D eigenvalue weighted by Gasteiger charge is 2.11. The van der Waals surface area contributed by atoms with Gasteiger partial charge in [-0.05, 0) is 70.8 Å². The van der Waals surface area contributed by atoms with Crippen LogP contribution in [0.25, 0.3) is 88.5 Å². The standard InChI is InChI=1S/C40H24N6/c1-2-27-7-12-33-32(17-19-44-40(33)39(27)43-18-1)25-3-5-26(6-4-25)34-15-10-30-22-28(8-13-35(30)45-34)29-9-14-36-31(23-29)11-16-37(46-36)38-24-41-20-21-42-38/h1-24H. The van der Waals surface area contributed by atoms with Crippen LogP contribution in [0.2, 0.25) is 0 Å². The van der Waals surface area contributed by atoms with E-state index < -0.39 is 0 Å². The van der Waals surface area contributed by atoms with E-state index in [1.807, 2.05) is 24.5 Å². The highest BCUT2D eigenvalue weighted by molar-refractivity contribution is 6.08. The second-order valence-electron chi connectivity index (χ2n) is 11.3. The normalized spacial score (nSPS) is 11.5. The van der Waals surface area contributed by atoms with E-state index in [0.29, 0.717) is 0 Å². The number of pyridine rings is 4. The second-order valence-corrected chi connectivity index (χ2v) is 11.3. The van der Waals surface area contributed by atoms with E-state index in [2.05, 4.69) is 123 Å². The van der Waals surface area contributed by atoms with Crippen LogP contribution in [0.15, 0.2) is 146 Å². The van der Waals surface area contributed by atoms with Gasteiger partial charge < -0.3 is 0 Å². The predicted molar refractivity (Wildman–Crippen MR) is 185 cm³/mol. The van der Waals surface area contributed by atoms with Gasteiger partial charge in [0.1, 0.15) is 5.69 Å². The Morgan fingerprint density at radius 3 is 1.83 bits per heavy atom. The Bertz CT molecular complexity index is 2580. The Labute approximate surface area is 264 Å². The molecule has 0 aliphatic rings. The van der Waals surface area contributed by atoms with Crippen LogP contribution in [0, 0.1) is 0 Å². The minimum absolute atomic E-state index is 0.764. The van der Waals surface area contributed by atoms with Crippen LogP contribution in [0.4, 0.5) is 0 Å². The van der Waals surface area contributed by atoms with E-state index in [1.54, 1.807) is 18.6 Å². The van der Waals surface area contributed by atoms with Gasteiger partial charge in [0.25, 0.3) is 0 Å². The van der Waals surface area contributed by atoms with Crippen LogP contribution in [0.3, 0.4) is 0 Å². The molecule has 0 radical (unpaired) electrons. The van der Waals surface area contributed by atoms with Gasteiger partial charge in [0, 0.05) is 51.9 Å². The Morgan fingerprint density at radius 2 is 1.07 bits per heavy atom. The van der Waals surface area contributed by atoms with Gasteiger partial charge in [0.15, 0.2) is 0 Å². The lowest BCUT2D eigenvalue weighted by Crippen LogP contribution is -1.90. The van der Waals surface area contributed by atoms with Crippen molar-refractivity contribution in [2.75, 3.05) is 0 Å². The Balaban J connectivity index is 1.01. The van der Waals surface area contributed by atoms with Crippen LogP contribution in [-0.4, -0.2) is 29.9 Å². The van der Waals surface area contributed by atoms with Crippen molar-refractivity contribution in [1.29, 1.82) is 0 Å². The van der Waals surface area contributed by atoms with E-state index in [1.165, 1.54) is 0 Å². The SMILES string of the molecule is c1cnc2c(c1)ccc1c(-c3ccc(-c4ccc5cc(-c6ccc7nc(-c8cnccn8)ccc7c6)ccc5n4)cc3)ccnc12. The van der Waals surface area contributed by atoms with Gasteiger partial charge in [-0.3, -0.25) is 19.9 Å². The zero-order valence-corrected chi connectivity index (χ0v) is 24.5. The molecule has 0 saturated carbocycles. The van der Waals surface area contributed by atoms with Gasteiger partial charge in [-0.1, -0.05) is 66.7 Å². The molecule has 0 N–H and O–H groups in total. The molecule has 0 saturated heterocycles. The molecule has 214 valence electrons. The van der Waals surface area contributed by atoms with E-state index in [9.17, 15) is 0 Å². The fourth-order valence-corrected chi connectivity index (χ4v) is 6.17. The molecule has 4 aromatic carbocycles. The molecule has 0 atom stereocenters. The number of nitrogens with zero attached hydrogens (tertiary/aromatic N) is 6. The molecule has 0 fully saturated rings. The summed E-state index contributed by atoms with van der Waals surface area (Å²) in [5.41, 5.74) is 11.9. The summed E-state index contributed by atoms with van der Waals surface area (Å²) in [5.74, 6) is 0. The van der Waals surface area contributed by atoms with Crippen LogP contribution in [0.1, 0.15) is 0 Å². The first-order valence-corrected chi connectivity index (χ1v) is 15.1. The lowest BCUT2D eigenvalue weighted by Gasteiger charge is -2.10. The van der Waals surface area contributed by atoms with Crippen LogP contribution < -0.4 is 0 Å². The second kappa shape index (κ2) is 10.6. The molecule has 0 aliphatic heterocycles. The highest BCUT2D eigenvalue weighted by Crippen LogP contribution is 2.33. The molecule has 9 rings (SSSR count). The van der Waals surface area contributed by atoms with E-state index >= 15 is 0 Å². The number of hydrogen-bond acceptors (Lipinski definition) is 6. The molecule has 5 heterocycles. The van der Waals surface area contributed by atoms with Crippen LogP contribution in [0.5, 0.6) is 0 Å². The topological polar surface area (TPSA) is 77.3 Å². The van der Waals surface area contributed by atoms with Gasteiger partial charge in [0.05, 0.1) is 39.7 Å². The van der Waals surface area contributed by atoms with Gasteiger partial charge in [-0.2, -0.15) is 0 Å². The average molecular weight is 589 g/mol. The van der Waals surface area contributed by atoms with Crippen molar-refractivity contribution in [3.8, 4) is 44.9 Å². The lowest BCUT2D eigenvalue weighted by molar-refractivity contribution is 1.19. The van der Waals surface area contributed by atoms with E-state index in [4.69, 9.17) is 9.97 Å². The summed E-state index contributed by atoms with van der Waals surface area (Å²) in [6.07, 6.45) is 8.77. The monoisotopic (exact) mass is 588 g/mol. The molecule has 6 nitrogen and oxygen atoms in total. The molecule has 46 heavy (non-hydrogen) atoms. The van der Waals surface area contributed by atoms with E-state index in [-0.39, 0.29) is 0 Å². The van der Waals surface area contributed by atoms with Gasteiger partial charge in [-0.25, -0.2) is 9.97 Å². The van der Waals surface area contributed by atoms with Gasteiger partial charge >= 0.3 is 0 Å². The van der Waals surface area contributed by atoms with Crippen LogP contribution >= 0.6 is 0 Å². The van der Waals surface area contributed by atoms with Crippen molar-refractivity contribution >= 4 is 43.6 Å².